The molecule has 1 heterocycles. The van der Waals surface area contributed by atoms with Gasteiger partial charge in [0, 0.05) is 19.6 Å². The second-order valence-corrected chi connectivity index (χ2v) is 6.42. The zero-order valence-electron chi connectivity index (χ0n) is 12.6. The molecule has 1 aliphatic heterocycles. The van der Waals surface area contributed by atoms with E-state index in [2.05, 4.69) is 10.6 Å². The highest BCUT2D eigenvalue weighted by Crippen LogP contribution is 2.37. The summed E-state index contributed by atoms with van der Waals surface area (Å²) in [7, 11) is 0. The SMILES string of the molecule is CC1(C)C(=O)NCCN1C(=O)NCC1(C(=O)O)CCCC1. The van der Waals surface area contributed by atoms with E-state index in [4.69, 9.17) is 0 Å². The molecule has 1 saturated heterocycles. The Balaban J connectivity index is 2.01. The fourth-order valence-corrected chi connectivity index (χ4v) is 3.11. The second kappa shape index (κ2) is 5.54. The van der Waals surface area contributed by atoms with Crippen LogP contribution in [-0.4, -0.2) is 53.1 Å². The molecule has 1 saturated carbocycles. The second-order valence-electron chi connectivity index (χ2n) is 6.42. The molecule has 0 radical (unpaired) electrons. The van der Waals surface area contributed by atoms with Crippen molar-refractivity contribution in [3.8, 4) is 0 Å². The number of rotatable bonds is 3. The Hall–Kier alpha value is -1.79. The molecule has 2 fully saturated rings. The number of hydrogen-bond acceptors (Lipinski definition) is 3. The van der Waals surface area contributed by atoms with Gasteiger partial charge in [0.15, 0.2) is 0 Å². The van der Waals surface area contributed by atoms with Gasteiger partial charge in [0.2, 0.25) is 5.91 Å². The van der Waals surface area contributed by atoms with Crippen LogP contribution in [0.3, 0.4) is 0 Å². The maximum Gasteiger partial charge on any atom is 0.318 e. The number of amides is 3. The number of carbonyl (C=O) groups excluding carboxylic acids is 2. The van der Waals surface area contributed by atoms with E-state index in [1.54, 1.807) is 13.8 Å². The third-order valence-electron chi connectivity index (χ3n) is 4.69. The first-order chi connectivity index (χ1) is 9.79. The van der Waals surface area contributed by atoms with E-state index >= 15 is 0 Å². The molecule has 2 aliphatic rings. The predicted molar refractivity (Wildman–Crippen MR) is 75.7 cm³/mol. The lowest BCUT2D eigenvalue weighted by Gasteiger charge is -2.41. The lowest BCUT2D eigenvalue weighted by atomic mass is 9.86. The topological polar surface area (TPSA) is 98.7 Å². The molecule has 0 aromatic rings. The van der Waals surface area contributed by atoms with Gasteiger partial charge in [-0.2, -0.15) is 0 Å². The number of urea groups is 1. The van der Waals surface area contributed by atoms with Gasteiger partial charge in [0.25, 0.3) is 0 Å². The molecule has 3 amide bonds. The molecular formula is C14H23N3O4. The van der Waals surface area contributed by atoms with Crippen LogP contribution < -0.4 is 10.6 Å². The summed E-state index contributed by atoms with van der Waals surface area (Å²) in [6.45, 7) is 4.33. The van der Waals surface area contributed by atoms with Crippen LogP contribution in [0.1, 0.15) is 39.5 Å². The Morgan fingerprint density at radius 2 is 1.95 bits per heavy atom. The number of carboxylic acids is 1. The molecule has 0 atom stereocenters. The van der Waals surface area contributed by atoms with Crippen LogP contribution in [-0.2, 0) is 9.59 Å². The maximum atomic E-state index is 12.3. The Kier molecular flexibility index (Phi) is 4.11. The Morgan fingerprint density at radius 3 is 2.52 bits per heavy atom. The smallest absolute Gasteiger partial charge is 0.318 e. The minimum Gasteiger partial charge on any atom is -0.481 e. The van der Waals surface area contributed by atoms with Gasteiger partial charge in [-0.25, -0.2) is 4.79 Å². The van der Waals surface area contributed by atoms with Gasteiger partial charge < -0.3 is 20.6 Å². The number of nitrogens with one attached hydrogen (secondary N) is 2. The van der Waals surface area contributed by atoms with Crippen LogP contribution in [0.15, 0.2) is 0 Å². The van der Waals surface area contributed by atoms with E-state index < -0.39 is 16.9 Å². The first-order valence-corrected chi connectivity index (χ1v) is 7.37. The number of nitrogens with zero attached hydrogens (tertiary/aromatic N) is 1. The summed E-state index contributed by atoms with van der Waals surface area (Å²) in [6.07, 6.45) is 2.93. The van der Waals surface area contributed by atoms with Crippen LogP contribution >= 0.6 is 0 Å². The number of hydrogen-bond donors (Lipinski definition) is 3. The van der Waals surface area contributed by atoms with Crippen molar-refractivity contribution >= 4 is 17.9 Å². The highest BCUT2D eigenvalue weighted by atomic mass is 16.4. The van der Waals surface area contributed by atoms with Gasteiger partial charge in [-0.15, -0.1) is 0 Å². The van der Waals surface area contributed by atoms with Gasteiger partial charge in [-0.3, -0.25) is 9.59 Å². The molecule has 0 unspecified atom stereocenters. The van der Waals surface area contributed by atoms with Crippen molar-refractivity contribution in [1.82, 2.24) is 15.5 Å². The van der Waals surface area contributed by atoms with Crippen molar-refractivity contribution in [2.45, 2.75) is 45.1 Å². The minimum absolute atomic E-state index is 0.120. The quantitative estimate of drug-likeness (QED) is 0.708. The van der Waals surface area contributed by atoms with Gasteiger partial charge in [0.1, 0.15) is 5.54 Å². The van der Waals surface area contributed by atoms with Crippen molar-refractivity contribution in [2.24, 2.45) is 5.41 Å². The first-order valence-electron chi connectivity index (χ1n) is 7.37. The Bertz CT molecular complexity index is 455. The maximum absolute atomic E-state index is 12.3. The van der Waals surface area contributed by atoms with Crippen molar-refractivity contribution in [2.75, 3.05) is 19.6 Å². The lowest BCUT2D eigenvalue weighted by Crippen LogP contribution is -2.65. The summed E-state index contributed by atoms with van der Waals surface area (Å²) in [5, 5.41) is 14.8. The van der Waals surface area contributed by atoms with E-state index in [0.29, 0.717) is 25.9 Å². The minimum atomic E-state index is -0.922. The molecule has 1 aliphatic carbocycles. The van der Waals surface area contributed by atoms with Crippen LogP contribution in [0.4, 0.5) is 4.79 Å². The van der Waals surface area contributed by atoms with Crippen LogP contribution in [0.25, 0.3) is 0 Å². The molecule has 0 aromatic carbocycles. The van der Waals surface area contributed by atoms with Gasteiger partial charge in [-0.1, -0.05) is 12.8 Å². The molecule has 2 rings (SSSR count). The van der Waals surface area contributed by atoms with Crippen molar-refractivity contribution < 1.29 is 19.5 Å². The molecule has 0 aromatic heterocycles. The molecule has 0 bridgehead atoms. The molecule has 0 spiro atoms. The van der Waals surface area contributed by atoms with Crippen molar-refractivity contribution in [1.29, 1.82) is 0 Å². The molecule has 21 heavy (non-hydrogen) atoms. The summed E-state index contributed by atoms with van der Waals surface area (Å²) < 4.78 is 0. The monoisotopic (exact) mass is 297 g/mol. The summed E-state index contributed by atoms with van der Waals surface area (Å²) in [4.78, 5) is 37.1. The standard InChI is InChI=1S/C14H23N3O4/c1-13(2)10(18)15-7-8-17(13)12(21)16-9-14(11(19)20)5-3-4-6-14/h3-9H2,1-2H3,(H,15,18)(H,16,21)(H,19,20). The van der Waals surface area contributed by atoms with Crippen molar-refractivity contribution in [3.05, 3.63) is 0 Å². The molecular weight excluding hydrogens is 274 g/mol. The van der Waals surface area contributed by atoms with Crippen LogP contribution in [0.2, 0.25) is 0 Å². The third kappa shape index (κ3) is 2.82. The first kappa shape index (κ1) is 15.6. The lowest BCUT2D eigenvalue weighted by molar-refractivity contribution is -0.148. The van der Waals surface area contributed by atoms with Crippen molar-refractivity contribution in [3.63, 3.8) is 0 Å². The normalized spacial score (nSPS) is 23.5. The molecule has 3 N–H and O–H groups in total. The van der Waals surface area contributed by atoms with Crippen LogP contribution in [0, 0.1) is 5.41 Å². The summed E-state index contributed by atoms with van der Waals surface area (Å²) >= 11 is 0. The zero-order chi connectivity index (χ0) is 15.7. The summed E-state index contributed by atoms with van der Waals surface area (Å²) in [6, 6.07) is -0.373. The van der Waals surface area contributed by atoms with E-state index in [1.807, 2.05) is 0 Å². The molecule has 7 nitrogen and oxygen atoms in total. The zero-order valence-corrected chi connectivity index (χ0v) is 12.6. The third-order valence-corrected chi connectivity index (χ3v) is 4.69. The van der Waals surface area contributed by atoms with Gasteiger partial charge in [0.05, 0.1) is 5.41 Å². The predicted octanol–water partition coefficient (Wildman–Crippen LogP) is 0.551. The molecule has 118 valence electrons. The Labute approximate surface area is 124 Å². The van der Waals surface area contributed by atoms with Gasteiger partial charge >= 0.3 is 12.0 Å². The summed E-state index contributed by atoms with van der Waals surface area (Å²) in [5.74, 6) is -1.05. The van der Waals surface area contributed by atoms with E-state index in [9.17, 15) is 19.5 Å². The average molecular weight is 297 g/mol. The highest BCUT2D eigenvalue weighted by molar-refractivity contribution is 5.91. The number of aliphatic carboxylic acids is 1. The van der Waals surface area contributed by atoms with Gasteiger partial charge in [-0.05, 0) is 26.7 Å². The average Bonchev–Trinajstić information content (AvgIpc) is 2.89. The van der Waals surface area contributed by atoms with E-state index in [0.717, 1.165) is 12.8 Å². The largest absolute Gasteiger partial charge is 0.481 e. The Morgan fingerprint density at radius 1 is 1.33 bits per heavy atom. The number of piperazine rings is 1. The summed E-state index contributed by atoms with van der Waals surface area (Å²) in [5.41, 5.74) is -1.77. The number of carboxylic acid groups (broad SMARTS) is 1. The van der Waals surface area contributed by atoms with Crippen LogP contribution in [0.5, 0.6) is 0 Å². The molecule has 7 heteroatoms. The fraction of sp³-hybridized carbons (Fsp3) is 0.786. The number of carbonyl (C=O) groups is 3. The fourth-order valence-electron chi connectivity index (χ4n) is 3.11. The van der Waals surface area contributed by atoms with E-state index in [1.165, 1.54) is 4.90 Å². The highest BCUT2D eigenvalue weighted by Gasteiger charge is 2.44. The van der Waals surface area contributed by atoms with E-state index in [-0.39, 0.29) is 18.5 Å².